The molecule has 3 nitrogen and oxygen atoms in total. The van der Waals surface area contributed by atoms with Crippen molar-refractivity contribution in [1.82, 2.24) is 10.3 Å². The van der Waals surface area contributed by atoms with Gasteiger partial charge in [-0.25, -0.2) is 4.98 Å². The van der Waals surface area contributed by atoms with E-state index in [1.165, 1.54) is 0 Å². The van der Waals surface area contributed by atoms with Crippen molar-refractivity contribution in [1.29, 1.82) is 0 Å². The maximum absolute atomic E-state index is 12.0. The van der Waals surface area contributed by atoms with Gasteiger partial charge in [-0.05, 0) is 40.9 Å². The fourth-order valence-corrected chi connectivity index (χ4v) is 2.10. The zero-order chi connectivity index (χ0) is 13.4. The van der Waals surface area contributed by atoms with E-state index in [9.17, 15) is 4.79 Å². The van der Waals surface area contributed by atoms with Crippen molar-refractivity contribution < 1.29 is 4.79 Å². The molecule has 0 aliphatic rings. The van der Waals surface area contributed by atoms with Gasteiger partial charge in [0.1, 0.15) is 4.60 Å². The van der Waals surface area contributed by atoms with Crippen LogP contribution in [0.5, 0.6) is 0 Å². The number of halogens is 1. The molecule has 0 aromatic carbocycles. The number of pyridine rings is 1. The van der Waals surface area contributed by atoms with Crippen LogP contribution in [0.2, 0.25) is 0 Å². The third kappa shape index (κ3) is 5.17. The molecule has 1 heterocycles. The number of amides is 1. The Morgan fingerprint density at radius 1 is 1.33 bits per heavy atom. The van der Waals surface area contributed by atoms with Gasteiger partial charge in [0.15, 0.2) is 0 Å². The van der Waals surface area contributed by atoms with Gasteiger partial charge >= 0.3 is 0 Å². The molecule has 0 fully saturated rings. The Kier molecular flexibility index (Phi) is 6.94. The van der Waals surface area contributed by atoms with Gasteiger partial charge in [0.2, 0.25) is 0 Å². The third-order valence-corrected chi connectivity index (χ3v) is 3.34. The van der Waals surface area contributed by atoms with Crippen LogP contribution in [0.4, 0.5) is 0 Å². The molecule has 1 aromatic rings. The molecule has 1 N–H and O–H groups in total. The first-order valence-electron chi connectivity index (χ1n) is 6.59. The summed E-state index contributed by atoms with van der Waals surface area (Å²) >= 11 is 3.26. The largest absolute Gasteiger partial charge is 0.349 e. The summed E-state index contributed by atoms with van der Waals surface area (Å²) in [6.45, 7) is 4.32. The van der Waals surface area contributed by atoms with E-state index in [2.05, 4.69) is 40.1 Å². The summed E-state index contributed by atoms with van der Waals surface area (Å²) in [7, 11) is 0. The molecule has 1 amide bonds. The van der Waals surface area contributed by atoms with Crippen LogP contribution in [0, 0.1) is 0 Å². The number of hydrogen-bond acceptors (Lipinski definition) is 2. The maximum Gasteiger partial charge on any atom is 0.253 e. The Balaban J connectivity index is 2.56. The molecule has 18 heavy (non-hydrogen) atoms. The van der Waals surface area contributed by atoms with Gasteiger partial charge in [-0.3, -0.25) is 4.79 Å². The molecule has 0 radical (unpaired) electrons. The van der Waals surface area contributed by atoms with E-state index in [4.69, 9.17) is 0 Å². The SMILES string of the molecule is CCCCC(CCC)NC(=O)c1ccc(Br)nc1. The minimum Gasteiger partial charge on any atom is -0.349 e. The normalized spacial score (nSPS) is 12.2. The maximum atomic E-state index is 12.0. The van der Waals surface area contributed by atoms with E-state index in [0.29, 0.717) is 5.56 Å². The molecule has 0 bridgehead atoms. The Labute approximate surface area is 118 Å². The predicted octanol–water partition coefficient (Wildman–Crippen LogP) is 3.93. The average molecular weight is 313 g/mol. The second-order valence-electron chi connectivity index (χ2n) is 4.47. The molecule has 4 heteroatoms. The van der Waals surface area contributed by atoms with Crippen molar-refractivity contribution >= 4 is 21.8 Å². The van der Waals surface area contributed by atoms with Crippen LogP contribution >= 0.6 is 15.9 Å². The lowest BCUT2D eigenvalue weighted by Gasteiger charge is -2.17. The van der Waals surface area contributed by atoms with E-state index < -0.39 is 0 Å². The number of nitrogens with zero attached hydrogens (tertiary/aromatic N) is 1. The van der Waals surface area contributed by atoms with Gasteiger partial charge < -0.3 is 5.32 Å². The molecular formula is C14H21BrN2O. The first-order chi connectivity index (χ1) is 8.67. The first kappa shape index (κ1) is 15.2. The smallest absolute Gasteiger partial charge is 0.253 e. The highest BCUT2D eigenvalue weighted by atomic mass is 79.9. The van der Waals surface area contributed by atoms with Crippen molar-refractivity contribution in [2.45, 2.75) is 52.0 Å². The number of rotatable bonds is 7. The molecule has 0 saturated carbocycles. The Bertz CT molecular complexity index is 365. The fourth-order valence-electron chi connectivity index (χ4n) is 1.87. The van der Waals surface area contributed by atoms with Gasteiger partial charge in [0, 0.05) is 12.2 Å². The highest BCUT2D eigenvalue weighted by Crippen LogP contribution is 2.10. The molecule has 1 atom stereocenters. The van der Waals surface area contributed by atoms with Crippen LogP contribution in [0.1, 0.15) is 56.3 Å². The van der Waals surface area contributed by atoms with Crippen molar-refractivity contribution in [2.24, 2.45) is 0 Å². The van der Waals surface area contributed by atoms with E-state index in [1.807, 2.05) is 0 Å². The number of carbonyl (C=O) groups is 1. The summed E-state index contributed by atoms with van der Waals surface area (Å²) in [5.41, 5.74) is 0.621. The van der Waals surface area contributed by atoms with E-state index in [-0.39, 0.29) is 11.9 Å². The third-order valence-electron chi connectivity index (χ3n) is 2.87. The molecule has 100 valence electrons. The lowest BCUT2D eigenvalue weighted by atomic mass is 10.0. The van der Waals surface area contributed by atoms with Crippen LogP contribution in [-0.4, -0.2) is 16.9 Å². The summed E-state index contributed by atoms with van der Waals surface area (Å²) in [5.74, 6) is -0.0236. The summed E-state index contributed by atoms with van der Waals surface area (Å²) in [4.78, 5) is 16.1. The summed E-state index contributed by atoms with van der Waals surface area (Å²) < 4.78 is 0.746. The average Bonchev–Trinajstić information content (AvgIpc) is 2.37. The lowest BCUT2D eigenvalue weighted by Crippen LogP contribution is -2.34. The molecule has 1 aromatic heterocycles. The summed E-state index contributed by atoms with van der Waals surface area (Å²) in [5, 5.41) is 3.09. The molecule has 1 unspecified atom stereocenters. The second kappa shape index (κ2) is 8.25. The number of aromatic nitrogens is 1. The lowest BCUT2D eigenvalue weighted by molar-refractivity contribution is 0.0932. The Morgan fingerprint density at radius 2 is 2.11 bits per heavy atom. The van der Waals surface area contributed by atoms with Crippen LogP contribution in [-0.2, 0) is 0 Å². The quantitative estimate of drug-likeness (QED) is 0.775. The van der Waals surface area contributed by atoms with Crippen molar-refractivity contribution in [3.63, 3.8) is 0 Å². The molecule has 0 aliphatic carbocycles. The number of carbonyl (C=O) groups excluding carboxylic acids is 1. The molecule has 0 aliphatic heterocycles. The van der Waals surface area contributed by atoms with Gasteiger partial charge in [-0.2, -0.15) is 0 Å². The van der Waals surface area contributed by atoms with Crippen molar-refractivity contribution in [3.8, 4) is 0 Å². The van der Waals surface area contributed by atoms with E-state index in [0.717, 1.165) is 36.7 Å². The first-order valence-corrected chi connectivity index (χ1v) is 7.39. The van der Waals surface area contributed by atoms with Gasteiger partial charge in [0.05, 0.1) is 5.56 Å². The van der Waals surface area contributed by atoms with Crippen molar-refractivity contribution in [3.05, 3.63) is 28.5 Å². The van der Waals surface area contributed by atoms with Gasteiger partial charge in [-0.1, -0.05) is 33.1 Å². The van der Waals surface area contributed by atoms with E-state index in [1.54, 1.807) is 18.3 Å². The number of hydrogen-bond donors (Lipinski definition) is 1. The summed E-state index contributed by atoms with van der Waals surface area (Å²) in [6.07, 6.45) is 7.10. The van der Waals surface area contributed by atoms with E-state index >= 15 is 0 Å². The zero-order valence-electron chi connectivity index (χ0n) is 11.1. The molecule has 0 spiro atoms. The van der Waals surface area contributed by atoms with Crippen LogP contribution in [0.15, 0.2) is 22.9 Å². The summed E-state index contributed by atoms with van der Waals surface area (Å²) in [6, 6.07) is 3.86. The van der Waals surface area contributed by atoms with Crippen LogP contribution < -0.4 is 5.32 Å². The van der Waals surface area contributed by atoms with Crippen LogP contribution in [0.25, 0.3) is 0 Å². The molecule has 1 rings (SSSR count). The Hall–Kier alpha value is -0.900. The Morgan fingerprint density at radius 3 is 2.67 bits per heavy atom. The number of unbranched alkanes of at least 4 members (excludes halogenated alkanes) is 1. The second-order valence-corrected chi connectivity index (χ2v) is 5.28. The zero-order valence-corrected chi connectivity index (χ0v) is 12.7. The fraction of sp³-hybridized carbons (Fsp3) is 0.571. The molecular weight excluding hydrogens is 292 g/mol. The highest BCUT2D eigenvalue weighted by Gasteiger charge is 2.12. The van der Waals surface area contributed by atoms with Crippen molar-refractivity contribution in [2.75, 3.05) is 0 Å². The number of nitrogens with one attached hydrogen (secondary N) is 1. The highest BCUT2D eigenvalue weighted by molar-refractivity contribution is 9.10. The van der Waals surface area contributed by atoms with Gasteiger partial charge in [-0.15, -0.1) is 0 Å². The van der Waals surface area contributed by atoms with Gasteiger partial charge in [0.25, 0.3) is 5.91 Å². The van der Waals surface area contributed by atoms with Crippen LogP contribution in [0.3, 0.4) is 0 Å². The predicted molar refractivity (Wildman–Crippen MR) is 77.6 cm³/mol. The topological polar surface area (TPSA) is 42.0 Å². The minimum absolute atomic E-state index is 0.0236. The monoisotopic (exact) mass is 312 g/mol. The minimum atomic E-state index is -0.0236. The molecule has 0 saturated heterocycles. The standard InChI is InChI=1S/C14H21BrN2O/c1-3-5-7-12(6-4-2)17-14(18)11-8-9-13(15)16-10-11/h8-10,12H,3-7H2,1-2H3,(H,17,18).